The number of aliphatic hydroxyl groups is 1. The van der Waals surface area contributed by atoms with Crippen molar-refractivity contribution in [3.05, 3.63) is 65.3 Å². The second-order valence-electron chi connectivity index (χ2n) is 16.8. The lowest BCUT2D eigenvalue weighted by atomic mass is 9.66. The van der Waals surface area contributed by atoms with Crippen LogP contribution in [0.5, 0.6) is 28.7 Å². The lowest BCUT2D eigenvalue weighted by Gasteiger charge is -2.48. The molecule has 0 saturated carbocycles. The van der Waals surface area contributed by atoms with E-state index in [2.05, 4.69) is 31.2 Å². The number of hydrogen-bond donors (Lipinski definition) is 2. The average Bonchev–Trinajstić information content (AvgIpc) is 3.91. The summed E-state index contributed by atoms with van der Waals surface area (Å²) in [7, 11) is 2.86. The van der Waals surface area contributed by atoms with Gasteiger partial charge in [-0.05, 0) is 86.4 Å². The molecule has 346 valence electrons. The average molecular weight is 881 g/mol. The van der Waals surface area contributed by atoms with Crippen LogP contribution in [-0.4, -0.2) is 100 Å². The van der Waals surface area contributed by atoms with Gasteiger partial charge in [-0.25, -0.2) is 4.79 Å². The van der Waals surface area contributed by atoms with Crippen molar-refractivity contribution in [2.24, 2.45) is 11.8 Å². The number of benzene rings is 2. The summed E-state index contributed by atoms with van der Waals surface area (Å²) in [6.07, 6.45) is 14.0. The summed E-state index contributed by atoms with van der Waals surface area (Å²) >= 11 is 0. The molecule has 4 aliphatic heterocycles. The first-order valence-corrected chi connectivity index (χ1v) is 22.7. The van der Waals surface area contributed by atoms with Crippen LogP contribution in [0.15, 0.2) is 48.6 Å². The number of allylic oxidation sites excluding steroid dienone is 4. The van der Waals surface area contributed by atoms with E-state index in [1.54, 1.807) is 25.1 Å². The zero-order valence-corrected chi connectivity index (χ0v) is 36.9. The Bertz CT molecular complexity index is 1870. The maximum Gasteiger partial charge on any atom is 0.508 e. The standard InChI is InChI=1S/C48H64O15/c1-5-6-7-8-9-10-11-12-13-14-15-16-17-18-19-20-21-55-48(52)63-45-42(50)47(61-38-27-56-29(2)60-44(38)45)62-43-32-25-35-34(58-28-59-35)24-31(32)39(40-33(43)26-57-46(40)51)30-22-36(53-3)41(49)37(23-30)54-4/h9-10,12-13,22-25,29,33,38-40,42-45,47,49-50H,5-8,11,14-21,26-28H2,1-4H3/b10-9-,13-12-/t29-,33+,38-,39-,40+,42-,43-,44?,45-,47+/m1/s1. The Morgan fingerprint density at radius 3 is 2.19 bits per heavy atom. The van der Waals surface area contributed by atoms with E-state index in [1.807, 2.05) is 6.07 Å². The fraction of sp³-hybridized carbons (Fsp3) is 0.625. The van der Waals surface area contributed by atoms with Crippen LogP contribution in [0, 0.1) is 11.8 Å². The van der Waals surface area contributed by atoms with Crippen molar-refractivity contribution in [2.45, 2.75) is 140 Å². The fourth-order valence-corrected chi connectivity index (χ4v) is 9.25. The molecule has 0 amide bonds. The second-order valence-corrected chi connectivity index (χ2v) is 16.8. The van der Waals surface area contributed by atoms with E-state index in [1.165, 1.54) is 39.9 Å². The molecule has 1 unspecified atom stereocenters. The van der Waals surface area contributed by atoms with Gasteiger partial charge in [0.2, 0.25) is 12.5 Å². The number of cyclic esters (lactones) is 1. The number of fused-ring (bicyclic) bond motifs is 4. The predicted octanol–water partition coefficient (Wildman–Crippen LogP) is 8.31. The summed E-state index contributed by atoms with van der Waals surface area (Å²) in [6.45, 7) is 4.20. The third kappa shape index (κ3) is 11.1. The summed E-state index contributed by atoms with van der Waals surface area (Å²) < 4.78 is 64.4. The fourth-order valence-electron chi connectivity index (χ4n) is 9.25. The summed E-state index contributed by atoms with van der Waals surface area (Å²) in [6, 6.07) is 6.94. The Hall–Kier alpha value is -4.54. The Kier molecular flexibility index (Phi) is 16.5. The number of unbranched alkanes of at least 4 members (excludes halogenated alkanes) is 9. The van der Waals surface area contributed by atoms with Gasteiger partial charge in [-0.1, -0.05) is 69.8 Å². The van der Waals surface area contributed by atoms with Crippen molar-refractivity contribution in [2.75, 3.05) is 40.8 Å². The van der Waals surface area contributed by atoms with Crippen LogP contribution in [0.1, 0.15) is 120 Å². The molecule has 0 aromatic heterocycles. The second kappa shape index (κ2) is 22.4. The predicted molar refractivity (Wildman–Crippen MR) is 228 cm³/mol. The number of carbonyl (C=O) groups is 2. The molecule has 2 aromatic rings. The van der Waals surface area contributed by atoms with E-state index < -0.39 is 73.0 Å². The smallest absolute Gasteiger partial charge is 0.502 e. The summed E-state index contributed by atoms with van der Waals surface area (Å²) in [5.41, 5.74) is 1.93. The Labute approximate surface area is 369 Å². The highest BCUT2D eigenvalue weighted by atomic mass is 16.8. The van der Waals surface area contributed by atoms with Gasteiger partial charge >= 0.3 is 12.1 Å². The number of rotatable bonds is 21. The molecule has 2 aromatic carbocycles. The van der Waals surface area contributed by atoms with Gasteiger partial charge in [0.25, 0.3) is 0 Å². The van der Waals surface area contributed by atoms with E-state index in [0.29, 0.717) is 34.6 Å². The number of hydrogen-bond acceptors (Lipinski definition) is 15. The van der Waals surface area contributed by atoms with Crippen molar-refractivity contribution < 1.29 is 71.9 Å². The molecule has 5 aliphatic rings. The summed E-state index contributed by atoms with van der Waals surface area (Å²) in [5, 5.41) is 22.7. The summed E-state index contributed by atoms with van der Waals surface area (Å²) in [5.74, 6) is -1.32. The molecule has 3 saturated heterocycles. The molecule has 15 heteroatoms. The van der Waals surface area contributed by atoms with E-state index in [4.69, 9.17) is 52.1 Å². The number of ether oxygens (including phenoxy) is 11. The monoisotopic (exact) mass is 880 g/mol. The quantitative estimate of drug-likeness (QED) is 0.0695. The van der Waals surface area contributed by atoms with Crippen LogP contribution < -0.4 is 18.9 Å². The van der Waals surface area contributed by atoms with Crippen LogP contribution >= 0.6 is 0 Å². The zero-order chi connectivity index (χ0) is 44.3. The number of phenolic OH excluding ortho intramolecular Hbond substituents is 1. The van der Waals surface area contributed by atoms with Crippen LogP contribution in [0.4, 0.5) is 4.79 Å². The minimum absolute atomic E-state index is 0.00115. The first kappa shape index (κ1) is 46.5. The molecular formula is C48H64O15. The SMILES string of the molecule is CCCCC/C=C\C/C=C\CCCCCCCCOC(=O)O[C@H]1C2O[C@H](C)OC[C@H]2O[C@@H](O[C@@H]2c3cc4c(cc3[C@@H](c3cc(OC)c(O)c(OC)c3)[C@H]3C(=O)OC[C@@H]32)OCO4)[C@@H]1O. The third-order valence-corrected chi connectivity index (χ3v) is 12.5. The lowest BCUT2D eigenvalue weighted by Crippen LogP contribution is -2.64. The van der Waals surface area contributed by atoms with Gasteiger partial charge in [-0.2, -0.15) is 0 Å². The van der Waals surface area contributed by atoms with Crippen molar-refractivity contribution >= 4 is 12.1 Å². The van der Waals surface area contributed by atoms with Crippen molar-refractivity contribution in [3.8, 4) is 28.7 Å². The van der Waals surface area contributed by atoms with E-state index in [9.17, 15) is 19.8 Å². The highest BCUT2D eigenvalue weighted by molar-refractivity contribution is 5.79. The number of aromatic hydroxyl groups is 1. The largest absolute Gasteiger partial charge is 0.508 e. The maximum atomic E-state index is 13.7. The van der Waals surface area contributed by atoms with Gasteiger partial charge in [0.05, 0.1) is 46.1 Å². The minimum atomic E-state index is -1.52. The van der Waals surface area contributed by atoms with Crippen molar-refractivity contribution in [3.63, 3.8) is 0 Å². The molecule has 0 bridgehead atoms. The van der Waals surface area contributed by atoms with E-state index in [-0.39, 0.29) is 43.9 Å². The molecule has 7 rings (SSSR count). The molecule has 0 spiro atoms. The summed E-state index contributed by atoms with van der Waals surface area (Å²) in [4.78, 5) is 26.9. The molecule has 2 N–H and O–H groups in total. The highest BCUT2D eigenvalue weighted by Crippen LogP contribution is 2.57. The molecular weight excluding hydrogens is 817 g/mol. The third-order valence-electron chi connectivity index (χ3n) is 12.5. The van der Waals surface area contributed by atoms with Crippen LogP contribution in [0.2, 0.25) is 0 Å². The van der Waals surface area contributed by atoms with Gasteiger partial charge in [-0.15, -0.1) is 0 Å². The maximum absolute atomic E-state index is 13.7. The lowest BCUT2D eigenvalue weighted by molar-refractivity contribution is -0.364. The van der Waals surface area contributed by atoms with Gasteiger partial charge in [0.1, 0.15) is 18.3 Å². The topological polar surface area (TPSA) is 176 Å². The minimum Gasteiger partial charge on any atom is -0.502 e. The van der Waals surface area contributed by atoms with Crippen LogP contribution in [-0.2, 0) is 38.0 Å². The van der Waals surface area contributed by atoms with Gasteiger partial charge in [-0.3, -0.25) is 4.79 Å². The number of methoxy groups -OCH3 is 2. The van der Waals surface area contributed by atoms with E-state index >= 15 is 0 Å². The normalized spacial score (nSPS) is 28.4. The first-order chi connectivity index (χ1) is 30.7. The molecule has 4 heterocycles. The van der Waals surface area contributed by atoms with Crippen LogP contribution in [0.3, 0.4) is 0 Å². The molecule has 3 fully saturated rings. The Morgan fingerprint density at radius 1 is 0.825 bits per heavy atom. The Morgan fingerprint density at radius 2 is 1.49 bits per heavy atom. The Balaban J connectivity index is 0.981. The number of carbonyl (C=O) groups excluding carboxylic acids is 2. The molecule has 63 heavy (non-hydrogen) atoms. The van der Waals surface area contributed by atoms with Crippen molar-refractivity contribution in [1.82, 2.24) is 0 Å². The van der Waals surface area contributed by atoms with Gasteiger partial charge in [0.15, 0.2) is 41.7 Å². The number of phenols is 1. The molecule has 1 aliphatic carbocycles. The molecule has 15 nitrogen and oxygen atoms in total. The van der Waals surface area contributed by atoms with Crippen molar-refractivity contribution in [1.29, 1.82) is 0 Å². The van der Waals surface area contributed by atoms with Crippen LogP contribution in [0.25, 0.3) is 0 Å². The highest BCUT2D eigenvalue weighted by Gasteiger charge is 2.57. The molecule has 10 atom stereocenters. The first-order valence-electron chi connectivity index (χ1n) is 22.7. The van der Waals surface area contributed by atoms with Gasteiger partial charge in [0, 0.05) is 11.8 Å². The number of aliphatic hydroxyl groups excluding tert-OH is 1. The number of esters is 1. The zero-order valence-electron chi connectivity index (χ0n) is 36.9. The van der Waals surface area contributed by atoms with E-state index in [0.717, 1.165) is 44.9 Å². The van der Waals surface area contributed by atoms with Gasteiger partial charge < -0.3 is 62.3 Å². The molecule has 0 radical (unpaired) electrons.